The molecule has 1 atom stereocenters. The van der Waals surface area contributed by atoms with Crippen LogP contribution in [0.5, 0.6) is 5.75 Å². The van der Waals surface area contributed by atoms with Crippen molar-refractivity contribution >= 4 is 23.5 Å². The summed E-state index contributed by atoms with van der Waals surface area (Å²) in [5, 5.41) is 11.9. The minimum atomic E-state index is -0.181. The predicted octanol–water partition coefficient (Wildman–Crippen LogP) is 3.47. The Hall–Kier alpha value is -3.75. The van der Waals surface area contributed by atoms with Crippen LogP contribution in [0.2, 0.25) is 0 Å². The van der Waals surface area contributed by atoms with E-state index in [1.54, 1.807) is 30.5 Å². The normalized spacial score (nSPS) is 19.2. The van der Waals surface area contributed by atoms with E-state index in [0.717, 1.165) is 44.9 Å². The highest BCUT2D eigenvalue weighted by Crippen LogP contribution is 2.33. The van der Waals surface area contributed by atoms with Crippen molar-refractivity contribution in [3.63, 3.8) is 0 Å². The van der Waals surface area contributed by atoms with Crippen molar-refractivity contribution in [2.75, 3.05) is 38.6 Å². The lowest BCUT2D eigenvalue weighted by Gasteiger charge is -2.46. The van der Waals surface area contributed by atoms with Gasteiger partial charge in [-0.3, -0.25) is 20.1 Å². The second kappa shape index (κ2) is 11.8. The molecular weight excluding hydrogens is 478 g/mol. The Morgan fingerprint density at radius 2 is 1.92 bits per heavy atom. The third-order valence-electron chi connectivity index (χ3n) is 7.29. The number of amides is 1. The van der Waals surface area contributed by atoms with Crippen molar-refractivity contribution in [2.45, 2.75) is 31.0 Å². The fourth-order valence-corrected chi connectivity index (χ4v) is 4.66. The van der Waals surface area contributed by atoms with E-state index in [4.69, 9.17) is 20.6 Å². The number of nitrogens with zero attached hydrogens (tertiary/aromatic N) is 2. The summed E-state index contributed by atoms with van der Waals surface area (Å²) in [5.41, 5.74) is 8.66. The molecular formula is C30H35N5O3. The highest BCUT2D eigenvalue weighted by molar-refractivity contribution is 6.14. The molecule has 3 aliphatic rings. The SMILES string of the molecule is C=C/C=C\C=N/CC(NC(=O)c1ccc(N)c(C(=N)c2ccc(OC3CN(C4COC4)C3)cc2)c1)C1CC1. The van der Waals surface area contributed by atoms with Gasteiger partial charge < -0.3 is 20.5 Å². The molecule has 2 heterocycles. The Kier molecular flexibility index (Phi) is 8.00. The van der Waals surface area contributed by atoms with Crippen LogP contribution in [0.15, 0.2) is 72.3 Å². The zero-order chi connectivity index (χ0) is 26.5. The van der Waals surface area contributed by atoms with Crippen LogP contribution in [-0.2, 0) is 4.74 Å². The number of anilines is 1. The summed E-state index contributed by atoms with van der Waals surface area (Å²) >= 11 is 0. The van der Waals surface area contributed by atoms with Crippen LogP contribution in [0.1, 0.15) is 34.3 Å². The minimum Gasteiger partial charge on any atom is -0.488 e. The second-order valence-electron chi connectivity index (χ2n) is 10.1. The molecule has 1 saturated carbocycles. The zero-order valence-electron chi connectivity index (χ0n) is 21.5. The highest BCUT2D eigenvalue weighted by atomic mass is 16.5. The molecule has 2 saturated heterocycles. The van der Waals surface area contributed by atoms with Gasteiger partial charge in [0.2, 0.25) is 0 Å². The van der Waals surface area contributed by atoms with E-state index in [9.17, 15) is 4.79 Å². The van der Waals surface area contributed by atoms with Crippen molar-refractivity contribution < 1.29 is 14.3 Å². The second-order valence-corrected chi connectivity index (χ2v) is 10.1. The number of aliphatic imine (C=N–C) groups is 1. The number of allylic oxidation sites excluding steroid dienone is 3. The average molecular weight is 514 g/mol. The average Bonchev–Trinajstić information content (AvgIpc) is 3.71. The fourth-order valence-electron chi connectivity index (χ4n) is 4.66. The molecule has 8 nitrogen and oxygen atoms in total. The molecule has 2 aliphatic heterocycles. The molecule has 8 heteroatoms. The Morgan fingerprint density at radius 3 is 2.58 bits per heavy atom. The molecule has 1 aliphatic carbocycles. The Morgan fingerprint density at radius 1 is 1.18 bits per heavy atom. The number of carbonyl (C=O) groups excluding carboxylic acids is 1. The van der Waals surface area contributed by atoms with E-state index in [0.29, 0.717) is 40.9 Å². The lowest BCUT2D eigenvalue weighted by Crippen LogP contribution is -2.62. The van der Waals surface area contributed by atoms with Gasteiger partial charge in [-0.25, -0.2) is 0 Å². The molecule has 2 aromatic rings. The predicted molar refractivity (Wildman–Crippen MR) is 150 cm³/mol. The molecule has 3 fully saturated rings. The van der Waals surface area contributed by atoms with Crippen LogP contribution in [-0.4, -0.2) is 73.8 Å². The molecule has 38 heavy (non-hydrogen) atoms. The Labute approximate surface area is 223 Å². The fraction of sp³-hybridized carbons (Fsp3) is 0.367. The van der Waals surface area contributed by atoms with Gasteiger partial charge in [0.1, 0.15) is 11.9 Å². The molecule has 1 amide bonds. The maximum absolute atomic E-state index is 13.1. The standard InChI is InChI=1S/C30H35N5O3/c1-2-3-4-13-33-15-28(20-5-6-20)34-30(36)22-9-12-27(31)26(14-22)29(32)21-7-10-24(11-8-21)38-25-16-35(17-25)23-18-37-19-23/h2-4,7-14,20,23,25,28,32H,1,5-6,15-19,31H2,(H,34,36)/b4-3-,32-29?,33-13-. The van der Waals surface area contributed by atoms with Gasteiger partial charge in [-0.2, -0.15) is 0 Å². The number of likely N-dealkylation sites (tertiary alicyclic amines) is 1. The minimum absolute atomic E-state index is 0.0197. The van der Waals surface area contributed by atoms with E-state index in [2.05, 4.69) is 21.8 Å². The number of hydrogen-bond acceptors (Lipinski definition) is 7. The molecule has 0 aromatic heterocycles. The van der Waals surface area contributed by atoms with Gasteiger partial charge in [-0.05, 0) is 67.3 Å². The summed E-state index contributed by atoms with van der Waals surface area (Å²) in [6.45, 7) is 7.63. The van der Waals surface area contributed by atoms with Gasteiger partial charge in [0.15, 0.2) is 0 Å². The van der Waals surface area contributed by atoms with Crippen molar-refractivity contribution in [2.24, 2.45) is 10.9 Å². The number of nitrogen functional groups attached to an aromatic ring is 1. The first kappa shape index (κ1) is 25.9. The summed E-state index contributed by atoms with van der Waals surface area (Å²) in [6, 6.07) is 13.1. The van der Waals surface area contributed by atoms with Gasteiger partial charge in [-0.15, -0.1) is 0 Å². The van der Waals surface area contributed by atoms with Crippen molar-refractivity contribution in [1.29, 1.82) is 5.41 Å². The van der Waals surface area contributed by atoms with Crippen LogP contribution in [0.25, 0.3) is 0 Å². The summed E-state index contributed by atoms with van der Waals surface area (Å²) < 4.78 is 11.3. The first-order chi connectivity index (χ1) is 18.5. The number of ether oxygens (including phenoxy) is 2. The lowest BCUT2D eigenvalue weighted by atomic mass is 9.98. The number of nitrogens with one attached hydrogen (secondary N) is 2. The van der Waals surface area contributed by atoms with E-state index in [1.165, 1.54) is 0 Å². The maximum atomic E-state index is 13.1. The summed E-state index contributed by atoms with van der Waals surface area (Å²) in [5.74, 6) is 1.05. The maximum Gasteiger partial charge on any atom is 0.251 e. The third-order valence-corrected chi connectivity index (χ3v) is 7.29. The van der Waals surface area contributed by atoms with Gasteiger partial charge in [0.05, 0.1) is 37.6 Å². The third kappa shape index (κ3) is 6.20. The molecule has 0 spiro atoms. The van der Waals surface area contributed by atoms with Gasteiger partial charge >= 0.3 is 0 Å². The van der Waals surface area contributed by atoms with Crippen LogP contribution >= 0.6 is 0 Å². The Bertz CT molecular complexity index is 1220. The van der Waals surface area contributed by atoms with Gasteiger partial charge in [0.25, 0.3) is 5.91 Å². The summed E-state index contributed by atoms with van der Waals surface area (Å²) in [7, 11) is 0. The first-order valence-corrected chi connectivity index (χ1v) is 13.2. The van der Waals surface area contributed by atoms with E-state index >= 15 is 0 Å². The van der Waals surface area contributed by atoms with Crippen molar-refractivity contribution in [3.8, 4) is 5.75 Å². The van der Waals surface area contributed by atoms with E-state index < -0.39 is 0 Å². The van der Waals surface area contributed by atoms with Crippen molar-refractivity contribution in [1.82, 2.24) is 10.2 Å². The molecule has 4 N–H and O–H groups in total. The van der Waals surface area contributed by atoms with E-state index in [1.807, 2.05) is 36.4 Å². The monoisotopic (exact) mass is 513 g/mol. The van der Waals surface area contributed by atoms with Crippen LogP contribution < -0.4 is 15.8 Å². The van der Waals surface area contributed by atoms with Crippen molar-refractivity contribution in [3.05, 3.63) is 84.0 Å². The molecule has 0 bridgehead atoms. The highest BCUT2D eigenvalue weighted by Gasteiger charge is 2.37. The first-order valence-electron chi connectivity index (χ1n) is 13.2. The van der Waals surface area contributed by atoms with Gasteiger partial charge in [-0.1, -0.05) is 18.7 Å². The lowest BCUT2D eigenvalue weighted by molar-refractivity contribution is -0.115. The number of benzene rings is 2. The summed E-state index contributed by atoms with van der Waals surface area (Å²) in [4.78, 5) is 19.9. The number of carbonyl (C=O) groups is 1. The molecule has 5 rings (SSSR count). The Balaban J connectivity index is 1.19. The molecule has 2 aromatic carbocycles. The number of hydrogen-bond donors (Lipinski definition) is 3. The van der Waals surface area contributed by atoms with Gasteiger partial charge in [0, 0.05) is 41.7 Å². The number of nitrogens with two attached hydrogens (primary N) is 1. The smallest absolute Gasteiger partial charge is 0.251 e. The largest absolute Gasteiger partial charge is 0.488 e. The quantitative estimate of drug-likeness (QED) is 0.229. The van der Waals surface area contributed by atoms with Crippen LogP contribution in [0.3, 0.4) is 0 Å². The summed E-state index contributed by atoms with van der Waals surface area (Å²) in [6.07, 6.45) is 9.42. The molecule has 0 radical (unpaired) electrons. The molecule has 1 unspecified atom stereocenters. The van der Waals surface area contributed by atoms with Crippen LogP contribution in [0, 0.1) is 11.3 Å². The number of rotatable bonds is 12. The van der Waals surface area contributed by atoms with E-state index in [-0.39, 0.29) is 23.8 Å². The zero-order valence-corrected chi connectivity index (χ0v) is 21.5. The topological polar surface area (TPSA) is 113 Å². The molecule has 198 valence electrons. The van der Waals surface area contributed by atoms with Crippen LogP contribution in [0.4, 0.5) is 5.69 Å².